The molecule has 0 spiro atoms. The van der Waals surface area contributed by atoms with E-state index in [2.05, 4.69) is 29.8 Å². The molecule has 0 amide bonds. The summed E-state index contributed by atoms with van der Waals surface area (Å²) in [5, 5.41) is 11.7. The van der Waals surface area contributed by atoms with Gasteiger partial charge in [0.15, 0.2) is 0 Å². The lowest BCUT2D eigenvalue weighted by Crippen LogP contribution is -2.18. The third-order valence-electron chi connectivity index (χ3n) is 3.33. The van der Waals surface area contributed by atoms with E-state index in [4.69, 9.17) is 5.11 Å². The Labute approximate surface area is 102 Å². The fraction of sp³-hybridized carbons (Fsp3) is 0.615. The first-order valence-electron chi connectivity index (χ1n) is 6.19. The second kappa shape index (κ2) is 4.92. The molecule has 17 heavy (non-hydrogen) atoms. The van der Waals surface area contributed by atoms with Crippen molar-refractivity contribution in [2.45, 2.75) is 45.7 Å². The summed E-state index contributed by atoms with van der Waals surface area (Å²) in [4.78, 5) is 10.4. The van der Waals surface area contributed by atoms with Gasteiger partial charge in [0, 0.05) is 30.5 Å². The summed E-state index contributed by atoms with van der Waals surface area (Å²) in [6.07, 6.45) is 2.77. The fourth-order valence-corrected chi connectivity index (χ4v) is 2.34. The first kappa shape index (κ1) is 12.2. The molecule has 1 aromatic rings. The van der Waals surface area contributed by atoms with Crippen molar-refractivity contribution in [2.24, 2.45) is 0 Å². The third kappa shape index (κ3) is 2.88. The quantitative estimate of drug-likeness (QED) is 0.743. The topological polar surface area (TPSA) is 54.3 Å². The van der Waals surface area contributed by atoms with Crippen LogP contribution in [0, 0.1) is 13.8 Å². The SMILES string of the molecule is Cc1cc(CNCCC(=O)O)c(C)n1C1CC1. The van der Waals surface area contributed by atoms with Gasteiger partial charge < -0.3 is 15.0 Å². The molecule has 0 radical (unpaired) electrons. The van der Waals surface area contributed by atoms with Crippen LogP contribution in [0.1, 0.15) is 42.3 Å². The highest BCUT2D eigenvalue weighted by atomic mass is 16.4. The van der Waals surface area contributed by atoms with Gasteiger partial charge in [-0.3, -0.25) is 4.79 Å². The van der Waals surface area contributed by atoms with Gasteiger partial charge in [0.05, 0.1) is 6.42 Å². The molecule has 2 rings (SSSR count). The summed E-state index contributed by atoms with van der Waals surface area (Å²) in [6.45, 7) is 5.59. The van der Waals surface area contributed by atoms with Gasteiger partial charge in [0.1, 0.15) is 0 Å². The van der Waals surface area contributed by atoms with Crippen molar-refractivity contribution in [3.63, 3.8) is 0 Å². The molecule has 0 unspecified atom stereocenters. The molecule has 2 N–H and O–H groups in total. The molecular formula is C13H20N2O2. The van der Waals surface area contributed by atoms with E-state index >= 15 is 0 Å². The number of carbonyl (C=O) groups is 1. The Morgan fingerprint density at radius 2 is 2.24 bits per heavy atom. The van der Waals surface area contributed by atoms with Crippen LogP contribution >= 0.6 is 0 Å². The van der Waals surface area contributed by atoms with Crippen molar-refractivity contribution in [2.75, 3.05) is 6.54 Å². The molecule has 0 bridgehead atoms. The molecule has 0 aromatic carbocycles. The summed E-state index contributed by atoms with van der Waals surface area (Å²) >= 11 is 0. The van der Waals surface area contributed by atoms with Gasteiger partial charge in [-0.05, 0) is 38.3 Å². The minimum atomic E-state index is -0.749. The minimum Gasteiger partial charge on any atom is -0.481 e. The Balaban J connectivity index is 1.92. The zero-order chi connectivity index (χ0) is 12.4. The van der Waals surface area contributed by atoms with Gasteiger partial charge >= 0.3 is 5.97 Å². The van der Waals surface area contributed by atoms with E-state index in [1.807, 2.05) is 0 Å². The molecule has 1 heterocycles. The predicted octanol–water partition coefficient (Wildman–Crippen LogP) is 2.00. The van der Waals surface area contributed by atoms with E-state index in [0.29, 0.717) is 12.6 Å². The Hall–Kier alpha value is -1.29. The Morgan fingerprint density at radius 1 is 1.53 bits per heavy atom. The van der Waals surface area contributed by atoms with Crippen LogP contribution in [0.15, 0.2) is 6.07 Å². The number of rotatable bonds is 6. The summed E-state index contributed by atoms with van der Waals surface area (Å²) in [6, 6.07) is 2.92. The Morgan fingerprint density at radius 3 is 2.82 bits per heavy atom. The highest BCUT2D eigenvalue weighted by molar-refractivity contribution is 5.66. The number of hydrogen-bond acceptors (Lipinski definition) is 2. The van der Waals surface area contributed by atoms with Crippen LogP contribution in [0.2, 0.25) is 0 Å². The molecule has 1 aliphatic carbocycles. The average Bonchev–Trinajstić information content (AvgIpc) is 3.02. The van der Waals surface area contributed by atoms with Gasteiger partial charge in [-0.2, -0.15) is 0 Å². The first-order valence-corrected chi connectivity index (χ1v) is 6.19. The molecule has 0 aliphatic heterocycles. The zero-order valence-electron chi connectivity index (χ0n) is 10.5. The van der Waals surface area contributed by atoms with E-state index in [9.17, 15) is 4.79 Å². The highest BCUT2D eigenvalue weighted by Crippen LogP contribution is 2.38. The number of aromatic nitrogens is 1. The Kier molecular flexibility index (Phi) is 3.52. The van der Waals surface area contributed by atoms with E-state index in [-0.39, 0.29) is 6.42 Å². The minimum absolute atomic E-state index is 0.182. The van der Waals surface area contributed by atoms with Gasteiger partial charge in [-0.15, -0.1) is 0 Å². The second-order valence-corrected chi connectivity index (χ2v) is 4.82. The van der Waals surface area contributed by atoms with Crippen molar-refractivity contribution in [3.05, 3.63) is 23.0 Å². The van der Waals surface area contributed by atoms with E-state index in [1.54, 1.807) is 0 Å². The summed E-state index contributed by atoms with van der Waals surface area (Å²) in [5.41, 5.74) is 3.94. The second-order valence-electron chi connectivity index (χ2n) is 4.82. The molecule has 0 saturated heterocycles. The molecule has 1 aliphatic rings. The smallest absolute Gasteiger partial charge is 0.304 e. The molecular weight excluding hydrogens is 216 g/mol. The summed E-state index contributed by atoms with van der Waals surface area (Å²) in [5.74, 6) is -0.749. The number of aryl methyl sites for hydroxylation is 1. The normalized spacial score (nSPS) is 15.2. The lowest BCUT2D eigenvalue weighted by molar-refractivity contribution is -0.136. The van der Waals surface area contributed by atoms with Crippen molar-refractivity contribution in [1.82, 2.24) is 9.88 Å². The highest BCUT2D eigenvalue weighted by Gasteiger charge is 2.26. The maximum Gasteiger partial charge on any atom is 0.304 e. The predicted molar refractivity (Wildman–Crippen MR) is 66.1 cm³/mol. The average molecular weight is 236 g/mol. The Bertz CT molecular complexity index is 419. The number of carboxylic acid groups (broad SMARTS) is 1. The van der Waals surface area contributed by atoms with Crippen LogP contribution < -0.4 is 5.32 Å². The number of hydrogen-bond donors (Lipinski definition) is 2. The van der Waals surface area contributed by atoms with E-state index in [0.717, 1.165) is 6.54 Å². The van der Waals surface area contributed by atoms with Gasteiger partial charge in [0.25, 0.3) is 0 Å². The standard InChI is InChI=1S/C13H20N2O2/c1-9-7-11(8-14-6-5-13(16)17)10(2)15(9)12-3-4-12/h7,12,14H,3-6,8H2,1-2H3,(H,16,17). The van der Waals surface area contributed by atoms with Crippen molar-refractivity contribution < 1.29 is 9.90 Å². The third-order valence-corrected chi connectivity index (χ3v) is 3.33. The monoisotopic (exact) mass is 236 g/mol. The van der Waals surface area contributed by atoms with Gasteiger partial charge in [0.2, 0.25) is 0 Å². The van der Waals surface area contributed by atoms with Crippen molar-refractivity contribution >= 4 is 5.97 Å². The van der Waals surface area contributed by atoms with Crippen LogP contribution in [0.5, 0.6) is 0 Å². The molecule has 4 heteroatoms. The van der Waals surface area contributed by atoms with Gasteiger partial charge in [-0.1, -0.05) is 0 Å². The molecule has 1 saturated carbocycles. The van der Waals surface area contributed by atoms with Crippen LogP contribution in [0.4, 0.5) is 0 Å². The summed E-state index contributed by atoms with van der Waals surface area (Å²) in [7, 11) is 0. The van der Waals surface area contributed by atoms with Gasteiger partial charge in [-0.25, -0.2) is 0 Å². The molecule has 0 atom stereocenters. The lowest BCUT2D eigenvalue weighted by Gasteiger charge is -2.08. The van der Waals surface area contributed by atoms with Crippen LogP contribution in [0.3, 0.4) is 0 Å². The zero-order valence-corrected chi connectivity index (χ0v) is 10.5. The lowest BCUT2D eigenvalue weighted by atomic mass is 10.2. The molecule has 4 nitrogen and oxygen atoms in total. The molecule has 94 valence electrons. The van der Waals surface area contributed by atoms with Crippen LogP contribution in [-0.2, 0) is 11.3 Å². The number of nitrogens with one attached hydrogen (secondary N) is 1. The first-order chi connectivity index (χ1) is 8.09. The summed E-state index contributed by atoms with van der Waals surface area (Å²) < 4.78 is 2.41. The fourth-order valence-electron chi connectivity index (χ4n) is 2.34. The van der Waals surface area contributed by atoms with Crippen molar-refractivity contribution in [1.29, 1.82) is 0 Å². The molecule has 1 fully saturated rings. The van der Waals surface area contributed by atoms with E-state index < -0.39 is 5.97 Å². The van der Waals surface area contributed by atoms with Crippen molar-refractivity contribution in [3.8, 4) is 0 Å². The number of aliphatic carboxylic acids is 1. The number of nitrogens with zero attached hydrogens (tertiary/aromatic N) is 1. The largest absolute Gasteiger partial charge is 0.481 e. The van der Waals surface area contributed by atoms with Crippen LogP contribution in [0.25, 0.3) is 0 Å². The maximum absolute atomic E-state index is 10.4. The molecule has 1 aromatic heterocycles. The maximum atomic E-state index is 10.4. The number of carboxylic acids is 1. The van der Waals surface area contributed by atoms with E-state index in [1.165, 1.54) is 29.8 Å². The van der Waals surface area contributed by atoms with Crippen LogP contribution in [-0.4, -0.2) is 22.2 Å².